The first kappa shape index (κ1) is 22.9. The normalized spacial score (nSPS) is 12.2. The van der Waals surface area contributed by atoms with Crippen LogP contribution in [0.15, 0.2) is 0 Å². The molecule has 0 spiro atoms. The van der Waals surface area contributed by atoms with Crippen molar-refractivity contribution < 1.29 is 19.8 Å². The van der Waals surface area contributed by atoms with Crippen molar-refractivity contribution >= 4 is 11.9 Å². The van der Waals surface area contributed by atoms with Gasteiger partial charge in [-0.05, 0) is 6.42 Å². The minimum absolute atomic E-state index is 0.256. The van der Waals surface area contributed by atoms with Crippen molar-refractivity contribution in [3.63, 3.8) is 0 Å². The predicted molar refractivity (Wildman–Crippen MR) is 98.3 cm³/mol. The molecule has 0 amide bonds. The summed E-state index contributed by atoms with van der Waals surface area (Å²) in [5.41, 5.74) is 0. The molecule has 24 heavy (non-hydrogen) atoms. The third-order valence-electron chi connectivity index (χ3n) is 4.68. The monoisotopic (exact) mass is 342 g/mol. The largest absolute Gasteiger partial charge is 0.481 e. The summed E-state index contributed by atoms with van der Waals surface area (Å²) in [6.07, 6.45) is 18.0. The number of unbranched alkanes of at least 4 members (excludes halogenated alkanes) is 13. The van der Waals surface area contributed by atoms with E-state index in [1.165, 1.54) is 70.6 Å². The molecule has 0 saturated carbocycles. The van der Waals surface area contributed by atoms with Crippen molar-refractivity contribution in [1.29, 1.82) is 0 Å². The van der Waals surface area contributed by atoms with Crippen molar-refractivity contribution in [2.24, 2.45) is 5.92 Å². The summed E-state index contributed by atoms with van der Waals surface area (Å²) in [6.45, 7) is 2.25. The molecule has 0 aromatic rings. The Balaban J connectivity index is 3.30. The van der Waals surface area contributed by atoms with Gasteiger partial charge in [-0.1, -0.05) is 96.8 Å². The first-order valence-corrected chi connectivity index (χ1v) is 10.0. The van der Waals surface area contributed by atoms with Gasteiger partial charge < -0.3 is 10.2 Å². The van der Waals surface area contributed by atoms with Crippen LogP contribution >= 0.6 is 0 Å². The lowest BCUT2D eigenvalue weighted by Crippen LogP contribution is -2.17. The molecule has 0 unspecified atom stereocenters. The summed E-state index contributed by atoms with van der Waals surface area (Å²) < 4.78 is 0. The molecule has 2 N–H and O–H groups in total. The van der Waals surface area contributed by atoms with Crippen LogP contribution in [0.4, 0.5) is 0 Å². The fraction of sp³-hybridized carbons (Fsp3) is 0.900. The highest BCUT2D eigenvalue weighted by Gasteiger charge is 2.20. The van der Waals surface area contributed by atoms with Gasteiger partial charge in [0.1, 0.15) is 0 Å². The first-order chi connectivity index (χ1) is 11.6. The predicted octanol–water partition coefficient (Wildman–Crippen LogP) is 6.03. The molecule has 0 aliphatic heterocycles. The van der Waals surface area contributed by atoms with Crippen LogP contribution in [0.5, 0.6) is 0 Å². The number of hydrogen-bond acceptors (Lipinski definition) is 2. The smallest absolute Gasteiger partial charge is 0.307 e. The molecule has 0 fully saturated rings. The maximum Gasteiger partial charge on any atom is 0.307 e. The van der Waals surface area contributed by atoms with Gasteiger partial charge in [0, 0.05) is 0 Å². The van der Waals surface area contributed by atoms with Crippen molar-refractivity contribution in [2.45, 2.75) is 110 Å². The quantitative estimate of drug-likeness (QED) is 0.298. The van der Waals surface area contributed by atoms with E-state index in [0.717, 1.165) is 19.3 Å². The van der Waals surface area contributed by atoms with Gasteiger partial charge in [-0.25, -0.2) is 0 Å². The zero-order valence-electron chi connectivity index (χ0n) is 15.6. The fourth-order valence-corrected chi connectivity index (χ4v) is 3.11. The van der Waals surface area contributed by atoms with Gasteiger partial charge >= 0.3 is 11.9 Å². The molecule has 0 rings (SSSR count). The number of carbonyl (C=O) groups is 2. The zero-order valence-corrected chi connectivity index (χ0v) is 15.6. The SMILES string of the molecule is CCCCCCCCCCCCCCCC[C@H](CC(=O)O)C(=O)O. The average Bonchev–Trinajstić information content (AvgIpc) is 2.53. The maximum atomic E-state index is 10.9. The van der Waals surface area contributed by atoms with Crippen LogP contribution in [-0.2, 0) is 9.59 Å². The Morgan fingerprint density at radius 3 is 1.38 bits per heavy atom. The summed E-state index contributed by atoms with van der Waals surface area (Å²) in [4.78, 5) is 21.5. The van der Waals surface area contributed by atoms with Crippen molar-refractivity contribution in [3.8, 4) is 0 Å². The Labute approximate surface area is 148 Å². The molecular weight excluding hydrogens is 304 g/mol. The van der Waals surface area contributed by atoms with Gasteiger partial charge in [0.05, 0.1) is 12.3 Å². The molecule has 0 radical (unpaired) electrons. The third-order valence-corrected chi connectivity index (χ3v) is 4.68. The number of hydrogen-bond donors (Lipinski definition) is 2. The Kier molecular flexibility index (Phi) is 16.0. The van der Waals surface area contributed by atoms with Crippen LogP contribution in [0.25, 0.3) is 0 Å². The number of carboxylic acid groups (broad SMARTS) is 2. The second-order valence-electron chi connectivity index (χ2n) is 7.02. The standard InChI is InChI=1S/C20H38O4/c1-2-3-4-5-6-7-8-9-10-11-12-13-14-15-16-18(20(23)24)17-19(21)22/h18H,2-17H2,1H3,(H,21,22)(H,23,24)/t18-/m1/s1. The van der Waals surface area contributed by atoms with Crippen molar-refractivity contribution in [3.05, 3.63) is 0 Å². The lowest BCUT2D eigenvalue weighted by atomic mass is 9.97. The lowest BCUT2D eigenvalue weighted by molar-refractivity contribution is -0.148. The van der Waals surface area contributed by atoms with Gasteiger partial charge in [0.2, 0.25) is 0 Å². The summed E-state index contributed by atoms with van der Waals surface area (Å²) in [5.74, 6) is -2.72. The molecule has 0 aromatic carbocycles. The minimum atomic E-state index is -1.02. The zero-order chi connectivity index (χ0) is 18.0. The van der Waals surface area contributed by atoms with Crippen LogP contribution in [0.3, 0.4) is 0 Å². The van der Waals surface area contributed by atoms with Crippen molar-refractivity contribution in [1.82, 2.24) is 0 Å². The van der Waals surface area contributed by atoms with Gasteiger partial charge in [-0.3, -0.25) is 9.59 Å². The second-order valence-corrected chi connectivity index (χ2v) is 7.02. The number of rotatable bonds is 18. The fourth-order valence-electron chi connectivity index (χ4n) is 3.11. The molecule has 0 saturated heterocycles. The average molecular weight is 343 g/mol. The maximum absolute atomic E-state index is 10.9. The number of aliphatic carboxylic acids is 2. The molecule has 4 heteroatoms. The van der Waals surface area contributed by atoms with Crippen LogP contribution in [0.2, 0.25) is 0 Å². The van der Waals surface area contributed by atoms with Crippen molar-refractivity contribution in [2.75, 3.05) is 0 Å². The molecule has 142 valence electrons. The summed E-state index contributed by atoms with van der Waals surface area (Å²) in [6, 6.07) is 0. The third kappa shape index (κ3) is 15.8. The molecule has 0 aromatic heterocycles. The molecule has 0 aliphatic carbocycles. The van der Waals surface area contributed by atoms with Gasteiger partial charge in [-0.2, -0.15) is 0 Å². The Bertz CT molecular complexity index is 315. The summed E-state index contributed by atoms with van der Waals surface area (Å²) >= 11 is 0. The first-order valence-electron chi connectivity index (χ1n) is 10.0. The van der Waals surface area contributed by atoms with Crippen LogP contribution in [0, 0.1) is 5.92 Å². The highest BCUT2D eigenvalue weighted by Crippen LogP contribution is 2.17. The summed E-state index contributed by atoms with van der Waals surface area (Å²) in [5, 5.41) is 17.6. The Hall–Kier alpha value is -1.06. The molecule has 0 aliphatic rings. The molecule has 4 nitrogen and oxygen atoms in total. The van der Waals surface area contributed by atoms with E-state index in [0.29, 0.717) is 6.42 Å². The van der Waals surface area contributed by atoms with E-state index in [4.69, 9.17) is 10.2 Å². The van der Waals surface area contributed by atoms with E-state index in [1.807, 2.05) is 0 Å². The van der Waals surface area contributed by atoms with Gasteiger partial charge in [0.15, 0.2) is 0 Å². The van der Waals surface area contributed by atoms with E-state index in [2.05, 4.69) is 6.92 Å². The van der Waals surface area contributed by atoms with Crippen LogP contribution < -0.4 is 0 Å². The molecular formula is C20H38O4. The number of carboxylic acids is 2. The molecule has 0 bridgehead atoms. The van der Waals surface area contributed by atoms with E-state index in [9.17, 15) is 9.59 Å². The highest BCUT2D eigenvalue weighted by atomic mass is 16.4. The Morgan fingerprint density at radius 1 is 0.667 bits per heavy atom. The lowest BCUT2D eigenvalue weighted by Gasteiger charge is -2.09. The summed E-state index contributed by atoms with van der Waals surface area (Å²) in [7, 11) is 0. The van der Waals surface area contributed by atoms with Crippen LogP contribution in [-0.4, -0.2) is 22.2 Å². The molecule has 0 heterocycles. The van der Waals surface area contributed by atoms with E-state index in [-0.39, 0.29) is 6.42 Å². The topological polar surface area (TPSA) is 74.6 Å². The van der Waals surface area contributed by atoms with E-state index in [1.54, 1.807) is 0 Å². The Morgan fingerprint density at radius 2 is 1.04 bits per heavy atom. The van der Waals surface area contributed by atoms with Gasteiger partial charge in [0.25, 0.3) is 0 Å². The van der Waals surface area contributed by atoms with Crippen LogP contribution in [0.1, 0.15) is 110 Å². The van der Waals surface area contributed by atoms with E-state index >= 15 is 0 Å². The molecule has 1 atom stereocenters. The van der Waals surface area contributed by atoms with Gasteiger partial charge in [-0.15, -0.1) is 0 Å². The second kappa shape index (κ2) is 16.8. The van der Waals surface area contributed by atoms with E-state index < -0.39 is 17.9 Å². The highest BCUT2D eigenvalue weighted by molar-refractivity contribution is 5.77. The minimum Gasteiger partial charge on any atom is -0.481 e.